The van der Waals surface area contributed by atoms with E-state index in [1.165, 1.54) is 0 Å². The molecule has 1 aromatic rings. The summed E-state index contributed by atoms with van der Waals surface area (Å²) in [7, 11) is 0. The minimum atomic E-state index is -0.0255. The molecule has 0 saturated heterocycles. The minimum Gasteiger partial charge on any atom is -0.454 e. The molecule has 0 radical (unpaired) electrons. The quantitative estimate of drug-likeness (QED) is 0.616. The van der Waals surface area contributed by atoms with Crippen LogP contribution in [0.3, 0.4) is 0 Å². The Labute approximate surface area is 109 Å². The zero-order valence-corrected chi connectivity index (χ0v) is 11.3. The Morgan fingerprint density at radius 2 is 2.24 bits per heavy atom. The van der Waals surface area contributed by atoms with Crippen LogP contribution in [-0.4, -0.2) is 18.2 Å². The van der Waals surface area contributed by atoms with Gasteiger partial charge >= 0.3 is 0 Å². The molecule has 0 amide bonds. The van der Waals surface area contributed by atoms with Gasteiger partial charge in [-0.15, -0.1) is 6.58 Å². The summed E-state index contributed by atoms with van der Waals surface area (Å²) in [5.41, 5.74) is 1.07. The Balaban J connectivity index is 2.20. The molecule has 0 aromatic heterocycles. The SMILES string of the molecule is C=CCO[C@@H](c1ccc2c(c1)OCO2)[C@@H](C)Br. The molecule has 1 aliphatic rings. The van der Waals surface area contributed by atoms with Crippen molar-refractivity contribution in [1.29, 1.82) is 0 Å². The van der Waals surface area contributed by atoms with Crippen molar-refractivity contribution < 1.29 is 14.2 Å². The number of alkyl halides is 1. The van der Waals surface area contributed by atoms with Crippen LogP contribution in [-0.2, 0) is 4.74 Å². The van der Waals surface area contributed by atoms with E-state index in [1.807, 2.05) is 18.2 Å². The predicted octanol–water partition coefficient (Wildman–Crippen LogP) is 3.44. The summed E-state index contributed by atoms with van der Waals surface area (Å²) in [6, 6.07) is 5.88. The van der Waals surface area contributed by atoms with Gasteiger partial charge in [0, 0.05) is 4.83 Å². The van der Waals surface area contributed by atoms with Crippen LogP contribution in [0.2, 0.25) is 0 Å². The highest BCUT2D eigenvalue weighted by atomic mass is 79.9. The number of hydrogen-bond acceptors (Lipinski definition) is 3. The number of ether oxygens (including phenoxy) is 3. The molecule has 0 fully saturated rings. The van der Waals surface area contributed by atoms with Crippen molar-refractivity contribution in [2.45, 2.75) is 17.9 Å². The summed E-state index contributed by atoms with van der Waals surface area (Å²) >= 11 is 3.56. The standard InChI is InChI=1S/C13H15BrO3/c1-3-6-15-13(9(2)14)10-4-5-11-12(7-10)17-8-16-11/h3-5,7,9,13H,1,6,8H2,2H3/t9-,13-/m1/s1. The van der Waals surface area contributed by atoms with Crippen molar-refractivity contribution in [3.05, 3.63) is 36.4 Å². The Kier molecular flexibility index (Phi) is 4.07. The van der Waals surface area contributed by atoms with Crippen LogP contribution in [0.25, 0.3) is 0 Å². The van der Waals surface area contributed by atoms with E-state index in [0.717, 1.165) is 17.1 Å². The van der Waals surface area contributed by atoms with Crippen LogP contribution in [0, 0.1) is 0 Å². The Morgan fingerprint density at radius 3 is 2.94 bits per heavy atom. The number of benzene rings is 1. The molecular formula is C13H15BrO3. The van der Waals surface area contributed by atoms with Gasteiger partial charge in [0.05, 0.1) is 12.7 Å². The maximum Gasteiger partial charge on any atom is 0.231 e. The summed E-state index contributed by atoms with van der Waals surface area (Å²) in [5, 5.41) is 0. The number of fused-ring (bicyclic) bond motifs is 1. The largest absolute Gasteiger partial charge is 0.454 e. The first-order valence-electron chi connectivity index (χ1n) is 5.48. The van der Waals surface area contributed by atoms with Crippen LogP contribution in [0.4, 0.5) is 0 Å². The summed E-state index contributed by atoms with van der Waals surface area (Å²) in [4.78, 5) is 0.211. The van der Waals surface area contributed by atoms with Gasteiger partial charge < -0.3 is 14.2 Å². The molecule has 0 unspecified atom stereocenters. The molecule has 17 heavy (non-hydrogen) atoms. The molecule has 3 nitrogen and oxygen atoms in total. The molecule has 0 aliphatic carbocycles. The van der Waals surface area contributed by atoms with Gasteiger partial charge in [0.2, 0.25) is 6.79 Å². The highest BCUT2D eigenvalue weighted by Crippen LogP contribution is 2.36. The van der Waals surface area contributed by atoms with Crippen LogP contribution in [0.1, 0.15) is 18.6 Å². The molecule has 1 aliphatic heterocycles. The van der Waals surface area contributed by atoms with Crippen molar-refractivity contribution >= 4 is 15.9 Å². The third kappa shape index (κ3) is 2.82. The van der Waals surface area contributed by atoms with E-state index < -0.39 is 0 Å². The van der Waals surface area contributed by atoms with Gasteiger partial charge in [-0.3, -0.25) is 0 Å². The van der Waals surface area contributed by atoms with E-state index in [-0.39, 0.29) is 10.9 Å². The van der Waals surface area contributed by atoms with Crippen molar-refractivity contribution in [3.63, 3.8) is 0 Å². The lowest BCUT2D eigenvalue weighted by Gasteiger charge is -2.20. The van der Waals surface area contributed by atoms with E-state index in [2.05, 4.69) is 29.4 Å². The second-order valence-electron chi connectivity index (χ2n) is 3.83. The first-order valence-corrected chi connectivity index (χ1v) is 6.40. The van der Waals surface area contributed by atoms with Gasteiger partial charge in [-0.05, 0) is 24.6 Å². The Hall–Kier alpha value is -1.00. The van der Waals surface area contributed by atoms with E-state index in [0.29, 0.717) is 13.4 Å². The molecule has 0 N–H and O–H groups in total. The van der Waals surface area contributed by atoms with Crippen LogP contribution in [0.5, 0.6) is 11.5 Å². The molecule has 0 bridgehead atoms. The zero-order chi connectivity index (χ0) is 12.3. The summed E-state index contributed by atoms with van der Waals surface area (Å²) in [6.07, 6.45) is 1.72. The predicted molar refractivity (Wildman–Crippen MR) is 69.8 cm³/mol. The zero-order valence-electron chi connectivity index (χ0n) is 9.69. The van der Waals surface area contributed by atoms with Gasteiger partial charge in [-0.25, -0.2) is 0 Å². The van der Waals surface area contributed by atoms with E-state index >= 15 is 0 Å². The fraction of sp³-hybridized carbons (Fsp3) is 0.385. The third-order valence-electron chi connectivity index (χ3n) is 2.54. The van der Waals surface area contributed by atoms with Crippen molar-refractivity contribution in [2.75, 3.05) is 13.4 Å². The first kappa shape index (κ1) is 12.5. The molecular weight excluding hydrogens is 284 g/mol. The maximum atomic E-state index is 5.74. The van der Waals surface area contributed by atoms with E-state index in [4.69, 9.17) is 14.2 Å². The van der Waals surface area contributed by atoms with Gasteiger partial charge in [0.25, 0.3) is 0 Å². The van der Waals surface area contributed by atoms with Crippen molar-refractivity contribution in [1.82, 2.24) is 0 Å². The average molecular weight is 299 g/mol. The molecule has 92 valence electrons. The lowest BCUT2D eigenvalue weighted by atomic mass is 10.1. The lowest BCUT2D eigenvalue weighted by molar-refractivity contribution is 0.0767. The van der Waals surface area contributed by atoms with Gasteiger partial charge in [0.15, 0.2) is 11.5 Å². The smallest absolute Gasteiger partial charge is 0.231 e. The molecule has 0 spiro atoms. The first-order chi connectivity index (χ1) is 8.22. The lowest BCUT2D eigenvalue weighted by Crippen LogP contribution is -2.13. The second kappa shape index (κ2) is 5.56. The summed E-state index contributed by atoms with van der Waals surface area (Å²) in [5.74, 6) is 1.57. The molecule has 0 saturated carbocycles. The van der Waals surface area contributed by atoms with Crippen LogP contribution in [0.15, 0.2) is 30.9 Å². The summed E-state index contributed by atoms with van der Waals surface area (Å²) < 4.78 is 16.4. The Bertz CT molecular complexity index is 404. The van der Waals surface area contributed by atoms with E-state index in [9.17, 15) is 0 Å². The van der Waals surface area contributed by atoms with Gasteiger partial charge in [-0.1, -0.05) is 28.1 Å². The maximum absolute atomic E-state index is 5.74. The monoisotopic (exact) mass is 298 g/mol. The molecule has 2 rings (SSSR count). The number of halogens is 1. The van der Waals surface area contributed by atoms with Crippen molar-refractivity contribution in [3.8, 4) is 11.5 Å². The molecule has 1 aromatic carbocycles. The highest BCUT2D eigenvalue weighted by molar-refractivity contribution is 9.09. The van der Waals surface area contributed by atoms with Gasteiger partial charge in [-0.2, -0.15) is 0 Å². The molecule has 4 heteroatoms. The average Bonchev–Trinajstić information content (AvgIpc) is 2.76. The van der Waals surface area contributed by atoms with E-state index in [1.54, 1.807) is 6.08 Å². The highest BCUT2D eigenvalue weighted by Gasteiger charge is 2.21. The van der Waals surface area contributed by atoms with Crippen LogP contribution >= 0.6 is 15.9 Å². The topological polar surface area (TPSA) is 27.7 Å². The minimum absolute atomic E-state index is 0.0255. The fourth-order valence-electron chi connectivity index (χ4n) is 1.76. The Morgan fingerprint density at radius 1 is 1.47 bits per heavy atom. The third-order valence-corrected chi connectivity index (χ3v) is 3.02. The molecule has 1 heterocycles. The second-order valence-corrected chi connectivity index (χ2v) is 5.28. The van der Waals surface area contributed by atoms with Crippen LogP contribution < -0.4 is 9.47 Å². The normalized spacial score (nSPS) is 16.6. The summed E-state index contributed by atoms with van der Waals surface area (Å²) in [6.45, 7) is 6.53. The van der Waals surface area contributed by atoms with Gasteiger partial charge in [0.1, 0.15) is 0 Å². The fourth-order valence-corrected chi connectivity index (χ4v) is 2.21. The number of hydrogen-bond donors (Lipinski definition) is 0. The molecule has 2 atom stereocenters. The number of rotatable bonds is 5. The van der Waals surface area contributed by atoms with Crippen molar-refractivity contribution in [2.24, 2.45) is 0 Å².